The second-order valence-corrected chi connectivity index (χ2v) is 15.3. The minimum atomic E-state index is -0.403. The number of ketones is 4. The van der Waals surface area contributed by atoms with Crippen LogP contribution in [0.1, 0.15) is 84.4 Å². The number of fused-ring (bicyclic) bond motifs is 4. The predicted octanol–water partition coefficient (Wildman–Crippen LogP) is 11.5. The first kappa shape index (κ1) is 39.1. The first-order valence-corrected chi connectivity index (χ1v) is 20.3. The Balaban J connectivity index is 0.864. The highest BCUT2D eigenvalue weighted by Crippen LogP contribution is 2.38. The van der Waals surface area contributed by atoms with Crippen molar-refractivity contribution in [3.8, 4) is 22.3 Å². The van der Waals surface area contributed by atoms with Crippen molar-refractivity contribution >= 4 is 57.7 Å². The Morgan fingerprint density at radius 1 is 0.344 bits per heavy atom. The highest BCUT2D eigenvalue weighted by atomic mass is 16.2. The zero-order valence-electron chi connectivity index (χ0n) is 33.7. The molecule has 10 rings (SSSR count). The summed E-state index contributed by atoms with van der Waals surface area (Å²) in [6, 6.07) is 52.2. The van der Waals surface area contributed by atoms with Gasteiger partial charge in [-0.1, -0.05) is 115 Å². The lowest BCUT2D eigenvalue weighted by Gasteiger charge is -2.20. The lowest BCUT2D eigenvalue weighted by molar-refractivity contribution is 0.0979. The van der Waals surface area contributed by atoms with Crippen molar-refractivity contribution in [2.45, 2.75) is 0 Å². The molecular formula is C54H32N4O6. The molecule has 0 saturated carbocycles. The summed E-state index contributed by atoms with van der Waals surface area (Å²) in [4.78, 5) is 80.6. The van der Waals surface area contributed by atoms with E-state index in [1.807, 2.05) is 66.7 Å². The van der Waals surface area contributed by atoms with E-state index in [0.29, 0.717) is 39.2 Å². The fraction of sp³-hybridized carbons (Fsp3) is 0. The third-order valence-corrected chi connectivity index (χ3v) is 11.3. The molecule has 0 saturated heterocycles. The number of rotatable bonds is 8. The molecule has 8 aromatic rings. The van der Waals surface area contributed by atoms with Crippen molar-refractivity contribution in [1.82, 2.24) is 0 Å². The van der Waals surface area contributed by atoms with Gasteiger partial charge < -0.3 is 10.6 Å². The van der Waals surface area contributed by atoms with Gasteiger partial charge >= 0.3 is 0 Å². The number of azo groups is 1. The normalized spacial score (nSPS) is 12.6. The van der Waals surface area contributed by atoms with Crippen molar-refractivity contribution < 1.29 is 28.8 Å². The number of hydrogen-bond donors (Lipinski definition) is 2. The lowest BCUT2D eigenvalue weighted by Crippen LogP contribution is -2.22. The monoisotopic (exact) mass is 832 g/mol. The quantitative estimate of drug-likeness (QED) is 0.145. The maximum atomic E-state index is 13.9. The van der Waals surface area contributed by atoms with E-state index in [-0.39, 0.29) is 68.2 Å². The van der Waals surface area contributed by atoms with Gasteiger partial charge in [-0.25, -0.2) is 0 Å². The van der Waals surface area contributed by atoms with Gasteiger partial charge in [-0.3, -0.25) is 28.8 Å². The number of carbonyl (C=O) groups excluding carboxylic acids is 6. The van der Waals surface area contributed by atoms with Gasteiger partial charge in [-0.05, 0) is 89.0 Å². The second kappa shape index (κ2) is 16.1. The first-order chi connectivity index (χ1) is 31.2. The molecule has 0 spiro atoms. The number of nitrogens with one attached hydrogen (secondary N) is 2. The molecule has 0 aliphatic heterocycles. The summed E-state index contributed by atoms with van der Waals surface area (Å²) in [5.41, 5.74) is 7.66. The topological polar surface area (TPSA) is 151 Å². The number of carbonyl (C=O) groups is 6. The van der Waals surface area contributed by atoms with Gasteiger partial charge in [-0.2, -0.15) is 5.11 Å². The maximum Gasteiger partial charge on any atom is 0.255 e. The molecule has 0 unspecified atom stereocenters. The Labute approximate surface area is 366 Å². The van der Waals surface area contributed by atoms with Crippen molar-refractivity contribution in [2.75, 3.05) is 10.6 Å². The van der Waals surface area contributed by atoms with E-state index in [4.69, 9.17) is 0 Å². The average Bonchev–Trinajstić information content (AvgIpc) is 3.34. The zero-order valence-corrected chi connectivity index (χ0v) is 33.7. The summed E-state index contributed by atoms with van der Waals surface area (Å²) in [6.07, 6.45) is 0. The summed E-state index contributed by atoms with van der Waals surface area (Å²) in [5, 5.41) is 14.6. The van der Waals surface area contributed by atoms with Crippen LogP contribution in [0.3, 0.4) is 0 Å². The summed E-state index contributed by atoms with van der Waals surface area (Å²) in [6.45, 7) is 0. The van der Waals surface area contributed by atoms with Crippen LogP contribution >= 0.6 is 0 Å². The molecule has 0 fully saturated rings. The molecule has 0 radical (unpaired) electrons. The predicted molar refractivity (Wildman–Crippen MR) is 243 cm³/mol. The Morgan fingerprint density at radius 3 is 1.33 bits per heavy atom. The zero-order chi connectivity index (χ0) is 43.9. The van der Waals surface area contributed by atoms with Crippen LogP contribution in [0, 0.1) is 0 Å². The molecule has 2 amide bonds. The standard InChI is InChI=1S/C54H32N4O6/c59-49-40-10-4-5-11-41(40)50(60)45-28-38(26-27-44(45)49)55-53(63)35-20-16-33(17-21-35)34-22-24-37(25-23-34)57-58-47-30-39(29-46-48(47)52(62)43-13-7-6-12-42(43)51(46)61)56-54(64)36-18-14-32(15-19-36)31-8-2-1-3-9-31/h1-30H,(H,55,63)(H,56,64). The summed E-state index contributed by atoms with van der Waals surface area (Å²) >= 11 is 0. The first-order valence-electron chi connectivity index (χ1n) is 20.3. The average molecular weight is 833 g/mol. The number of benzene rings is 8. The van der Waals surface area contributed by atoms with E-state index in [9.17, 15) is 28.8 Å². The van der Waals surface area contributed by atoms with E-state index in [1.54, 1.807) is 97.1 Å². The van der Waals surface area contributed by atoms with Crippen LogP contribution in [0.4, 0.5) is 22.7 Å². The molecule has 2 aliphatic carbocycles. The Hall–Kier alpha value is -9.02. The highest BCUT2D eigenvalue weighted by molar-refractivity contribution is 6.31. The molecule has 0 atom stereocenters. The molecule has 10 nitrogen and oxygen atoms in total. The molecule has 2 aliphatic rings. The van der Waals surface area contributed by atoms with Gasteiger partial charge in [0, 0.05) is 61.4 Å². The third kappa shape index (κ3) is 7.20. The van der Waals surface area contributed by atoms with Gasteiger partial charge in [0.25, 0.3) is 11.8 Å². The Morgan fingerprint density at radius 2 is 0.766 bits per heavy atom. The molecular weight excluding hydrogens is 801 g/mol. The molecule has 304 valence electrons. The SMILES string of the molecule is O=C(Nc1ccc2c(c1)C(=O)c1ccccc1C2=O)c1ccc(-c2ccc(N=Nc3cc(NC(=O)c4ccc(-c5ccccc5)cc4)cc4c3C(=O)c3ccccc3C4=O)cc2)cc1. The van der Waals surface area contributed by atoms with Crippen LogP contribution in [0.2, 0.25) is 0 Å². The van der Waals surface area contributed by atoms with Gasteiger partial charge in [0.1, 0.15) is 0 Å². The van der Waals surface area contributed by atoms with E-state index in [1.165, 1.54) is 18.2 Å². The van der Waals surface area contributed by atoms with Crippen LogP contribution < -0.4 is 10.6 Å². The van der Waals surface area contributed by atoms with E-state index in [2.05, 4.69) is 20.9 Å². The molecule has 10 heteroatoms. The molecule has 0 heterocycles. The Kier molecular flexibility index (Phi) is 9.85. The highest BCUT2D eigenvalue weighted by Gasteiger charge is 2.33. The van der Waals surface area contributed by atoms with Crippen molar-refractivity contribution in [3.05, 3.63) is 238 Å². The van der Waals surface area contributed by atoms with Crippen molar-refractivity contribution in [1.29, 1.82) is 0 Å². The van der Waals surface area contributed by atoms with Gasteiger partial charge in [0.15, 0.2) is 23.1 Å². The molecule has 0 bridgehead atoms. The van der Waals surface area contributed by atoms with Gasteiger partial charge in [0.2, 0.25) is 0 Å². The lowest BCUT2D eigenvalue weighted by atomic mass is 9.83. The van der Waals surface area contributed by atoms with Crippen LogP contribution in [0.5, 0.6) is 0 Å². The van der Waals surface area contributed by atoms with Gasteiger partial charge in [-0.15, -0.1) is 5.11 Å². The molecule has 0 aromatic heterocycles. The van der Waals surface area contributed by atoms with Crippen LogP contribution in [0.15, 0.2) is 192 Å². The molecule has 8 aromatic carbocycles. The molecule has 64 heavy (non-hydrogen) atoms. The largest absolute Gasteiger partial charge is 0.322 e. The fourth-order valence-electron chi connectivity index (χ4n) is 8.03. The summed E-state index contributed by atoms with van der Waals surface area (Å²) in [7, 11) is 0. The fourth-order valence-corrected chi connectivity index (χ4v) is 8.03. The van der Waals surface area contributed by atoms with Crippen LogP contribution in [-0.2, 0) is 0 Å². The second-order valence-electron chi connectivity index (χ2n) is 15.3. The van der Waals surface area contributed by atoms with Crippen molar-refractivity contribution in [2.24, 2.45) is 10.2 Å². The number of amides is 2. The van der Waals surface area contributed by atoms with E-state index in [0.717, 1.165) is 22.3 Å². The van der Waals surface area contributed by atoms with Crippen molar-refractivity contribution in [3.63, 3.8) is 0 Å². The third-order valence-electron chi connectivity index (χ3n) is 11.3. The van der Waals surface area contributed by atoms with E-state index >= 15 is 0 Å². The van der Waals surface area contributed by atoms with Crippen LogP contribution in [0.25, 0.3) is 22.3 Å². The number of anilines is 2. The minimum absolute atomic E-state index is 0.0967. The number of nitrogens with zero attached hydrogens (tertiary/aromatic N) is 2. The maximum absolute atomic E-state index is 13.9. The minimum Gasteiger partial charge on any atom is -0.322 e. The Bertz CT molecular complexity index is 3300. The molecule has 2 N–H and O–H groups in total. The van der Waals surface area contributed by atoms with E-state index < -0.39 is 5.91 Å². The summed E-state index contributed by atoms with van der Waals surface area (Å²) in [5.74, 6) is -2.03. The summed E-state index contributed by atoms with van der Waals surface area (Å²) < 4.78 is 0. The smallest absolute Gasteiger partial charge is 0.255 e. The van der Waals surface area contributed by atoms with Gasteiger partial charge in [0.05, 0.1) is 16.9 Å². The van der Waals surface area contributed by atoms with Crippen LogP contribution in [-0.4, -0.2) is 34.9 Å². The number of hydrogen-bond acceptors (Lipinski definition) is 8.